The maximum absolute atomic E-state index is 12.1. The van der Waals surface area contributed by atoms with Crippen molar-refractivity contribution in [3.8, 4) is 0 Å². The van der Waals surface area contributed by atoms with Gasteiger partial charge in [0.1, 0.15) is 10.0 Å². The molecule has 112 valence electrons. The van der Waals surface area contributed by atoms with Crippen LogP contribution in [0.1, 0.15) is 0 Å². The molecule has 0 radical (unpaired) electrons. The van der Waals surface area contributed by atoms with E-state index in [4.69, 9.17) is 16.3 Å². The van der Waals surface area contributed by atoms with Crippen molar-refractivity contribution in [1.29, 1.82) is 0 Å². The van der Waals surface area contributed by atoms with Crippen LogP contribution in [0.25, 0.3) is 0 Å². The largest absolute Gasteiger partial charge is 0.383 e. The van der Waals surface area contributed by atoms with Gasteiger partial charge in [0.2, 0.25) is 15.9 Å². The Balaban J connectivity index is 2.68. The molecular weight excluding hydrogens is 306 g/mol. The summed E-state index contributed by atoms with van der Waals surface area (Å²) in [5.74, 6) is -0.407. The molecule has 0 aliphatic carbocycles. The second-order valence-corrected chi connectivity index (χ2v) is 6.35. The number of hydrogen-bond donors (Lipinski definition) is 1. The van der Waals surface area contributed by atoms with Gasteiger partial charge in [-0.2, -0.15) is 4.31 Å². The number of nitrogens with zero attached hydrogens (tertiary/aromatic N) is 2. The maximum atomic E-state index is 12.1. The maximum Gasteiger partial charge on any atom is 0.244 e. The van der Waals surface area contributed by atoms with Gasteiger partial charge in [-0.15, -0.1) is 0 Å². The molecule has 20 heavy (non-hydrogen) atoms. The summed E-state index contributed by atoms with van der Waals surface area (Å²) in [6, 6.07) is 2.71. The van der Waals surface area contributed by atoms with Gasteiger partial charge in [0.05, 0.1) is 13.2 Å². The van der Waals surface area contributed by atoms with Gasteiger partial charge in [0.15, 0.2) is 0 Å². The van der Waals surface area contributed by atoms with Crippen molar-refractivity contribution < 1.29 is 17.9 Å². The van der Waals surface area contributed by atoms with Gasteiger partial charge in [0.25, 0.3) is 0 Å². The van der Waals surface area contributed by atoms with Crippen LogP contribution < -0.4 is 5.32 Å². The molecule has 0 atom stereocenters. The Morgan fingerprint density at radius 1 is 1.50 bits per heavy atom. The van der Waals surface area contributed by atoms with E-state index in [0.29, 0.717) is 13.2 Å². The zero-order valence-electron chi connectivity index (χ0n) is 11.2. The van der Waals surface area contributed by atoms with E-state index in [0.717, 1.165) is 10.5 Å². The molecule has 0 saturated carbocycles. The Kier molecular flexibility index (Phi) is 6.34. The van der Waals surface area contributed by atoms with E-state index >= 15 is 0 Å². The predicted molar refractivity (Wildman–Crippen MR) is 73.9 cm³/mol. The molecule has 1 aromatic heterocycles. The molecule has 1 amide bonds. The normalized spacial score (nSPS) is 11.6. The first kappa shape index (κ1) is 16.8. The molecular formula is C11H16ClN3O4S. The molecule has 0 fully saturated rings. The summed E-state index contributed by atoms with van der Waals surface area (Å²) in [5.41, 5.74) is 0. The lowest BCUT2D eigenvalue weighted by Crippen LogP contribution is -2.39. The zero-order valence-corrected chi connectivity index (χ0v) is 12.7. The third-order valence-corrected chi connectivity index (χ3v) is 4.41. The highest BCUT2D eigenvalue weighted by Gasteiger charge is 2.23. The van der Waals surface area contributed by atoms with Crippen molar-refractivity contribution in [3.05, 3.63) is 23.5 Å². The number of sulfonamides is 1. The van der Waals surface area contributed by atoms with E-state index < -0.39 is 15.9 Å². The number of carbonyl (C=O) groups excluding carboxylic acids is 1. The fraction of sp³-hybridized carbons (Fsp3) is 0.455. The number of carbonyl (C=O) groups is 1. The minimum atomic E-state index is -3.76. The minimum Gasteiger partial charge on any atom is -0.383 e. The third-order valence-electron chi connectivity index (χ3n) is 2.40. The van der Waals surface area contributed by atoms with Gasteiger partial charge in [-0.1, -0.05) is 11.6 Å². The summed E-state index contributed by atoms with van der Waals surface area (Å²) >= 11 is 5.60. The number of rotatable bonds is 7. The van der Waals surface area contributed by atoms with Gasteiger partial charge in [-0.3, -0.25) is 4.79 Å². The molecule has 1 rings (SSSR count). The average molecular weight is 322 g/mol. The Bertz CT molecular complexity index is 547. The third kappa shape index (κ3) is 4.71. The highest BCUT2D eigenvalue weighted by atomic mass is 35.5. The predicted octanol–water partition coefficient (Wildman–Crippen LogP) is 0.118. The van der Waals surface area contributed by atoms with Crippen LogP contribution in [0.2, 0.25) is 5.15 Å². The molecule has 0 spiro atoms. The van der Waals surface area contributed by atoms with Crippen molar-refractivity contribution >= 4 is 27.5 Å². The molecule has 0 aromatic carbocycles. The van der Waals surface area contributed by atoms with E-state index in [-0.39, 0.29) is 16.6 Å². The molecule has 1 aromatic rings. The topological polar surface area (TPSA) is 88.6 Å². The molecule has 1 heterocycles. The van der Waals surface area contributed by atoms with Crippen LogP contribution in [0.3, 0.4) is 0 Å². The Morgan fingerprint density at radius 3 is 2.75 bits per heavy atom. The summed E-state index contributed by atoms with van der Waals surface area (Å²) in [6.07, 6.45) is 1.15. The van der Waals surface area contributed by atoms with E-state index in [9.17, 15) is 13.2 Å². The van der Waals surface area contributed by atoms with Crippen LogP contribution in [-0.4, -0.2) is 57.5 Å². The van der Waals surface area contributed by atoms with Gasteiger partial charge in [-0.05, 0) is 12.1 Å². The highest BCUT2D eigenvalue weighted by Crippen LogP contribution is 2.14. The number of amides is 1. The summed E-state index contributed by atoms with van der Waals surface area (Å²) in [7, 11) is -0.932. The molecule has 7 nitrogen and oxygen atoms in total. The SMILES string of the molecule is COCCNC(=O)CN(C)S(=O)(=O)c1ccc(Cl)nc1. The van der Waals surface area contributed by atoms with Crippen molar-refractivity contribution in [1.82, 2.24) is 14.6 Å². The van der Waals surface area contributed by atoms with Crippen LogP contribution in [0.4, 0.5) is 0 Å². The van der Waals surface area contributed by atoms with Crippen LogP contribution in [-0.2, 0) is 19.6 Å². The highest BCUT2D eigenvalue weighted by molar-refractivity contribution is 7.89. The number of aromatic nitrogens is 1. The average Bonchev–Trinajstić information content (AvgIpc) is 2.39. The minimum absolute atomic E-state index is 0.0194. The van der Waals surface area contributed by atoms with Crippen LogP contribution in [0.15, 0.2) is 23.2 Å². The summed E-state index contributed by atoms with van der Waals surface area (Å²) in [5, 5.41) is 2.74. The monoisotopic (exact) mass is 321 g/mol. The van der Waals surface area contributed by atoms with Crippen molar-refractivity contribution in [2.75, 3.05) is 33.9 Å². The number of nitrogens with one attached hydrogen (secondary N) is 1. The van der Waals surface area contributed by atoms with Crippen molar-refractivity contribution in [3.63, 3.8) is 0 Å². The van der Waals surface area contributed by atoms with Crippen LogP contribution >= 0.6 is 11.6 Å². The standard InChI is InChI=1S/C11H16ClN3O4S/c1-15(8-11(16)13-5-6-19-2)20(17,18)9-3-4-10(12)14-7-9/h3-4,7H,5-6,8H2,1-2H3,(H,13,16). The van der Waals surface area contributed by atoms with Gasteiger partial charge in [-0.25, -0.2) is 13.4 Å². The molecule has 0 aliphatic heterocycles. The van der Waals surface area contributed by atoms with E-state index in [1.54, 1.807) is 0 Å². The van der Waals surface area contributed by atoms with E-state index in [1.807, 2.05) is 0 Å². The lowest BCUT2D eigenvalue weighted by molar-refractivity contribution is -0.121. The molecule has 1 N–H and O–H groups in total. The smallest absolute Gasteiger partial charge is 0.244 e. The Hall–Kier alpha value is -1.22. The Morgan fingerprint density at radius 2 is 2.20 bits per heavy atom. The molecule has 0 saturated heterocycles. The van der Waals surface area contributed by atoms with Gasteiger partial charge in [0, 0.05) is 26.9 Å². The number of ether oxygens (including phenoxy) is 1. The molecule has 9 heteroatoms. The quantitative estimate of drug-likeness (QED) is 0.569. The first-order valence-corrected chi connectivity index (χ1v) is 7.53. The number of pyridine rings is 1. The second kappa shape index (κ2) is 7.53. The van der Waals surface area contributed by atoms with Crippen molar-refractivity contribution in [2.24, 2.45) is 0 Å². The number of halogens is 1. The molecule has 0 unspecified atom stereocenters. The molecule has 0 aliphatic rings. The second-order valence-electron chi connectivity index (χ2n) is 3.92. The summed E-state index contributed by atoms with van der Waals surface area (Å²) in [4.78, 5) is 15.2. The first-order valence-electron chi connectivity index (χ1n) is 5.71. The van der Waals surface area contributed by atoms with E-state index in [2.05, 4.69) is 10.3 Å². The summed E-state index contributed by atoms with van der Waals surface area (Å²) in [6.45, 7) is 0.406. The van der Waals surface area contributed by atoms with Crippen LogP contribution in [0, 0.1) is 0 Å². The summed E-state index contributed by atoms with van der Waals surface area (Å²) < 4.78 is 30.0. The number of likely N-dealkylation sites (N-methyl/N-ethyl adjacent to an activating group) is 1. The lowest BCUT2D eigenvalue weighted by Gasteiger charge is -2.16. The van der Waals surface area contributed by atoms with E-state index in [1.165, 1.54) is 26.3 Å². The fourth-order valence-corrected chi connectivity index (χ4v) is 2.52. The van der Waals surface area contributed by atoms with Crippen molar-refractivity contribution in [2.45, 2.75) is 4.90 Å². The lowest BCUT2D eigenvalue weighted by atomic mass is 10.5. The first-order chi connectivity index (χ1) is 9.37. The van der Waals surface area contributed by atoms with Gasteiger partial charge < -0.3 is 10.1 Å². The number of hydrogen-bond acceptors (Lipinski definition) is 5. The van der Waals surface area contributed by atoms with Gasteiger partial charge >= 0.3 is 0 Å². The molecule has 0 bridgehead atoms. The Labute approximate surface area is 122 Å². The zero-order chi connectivity index (χ0) is 15.2. The fourth-order valence-electron chi connectivity index (χ4n) is 1.33. The number of methoxy groups -OCH3 is 1. The van der Waals surface area contributed by atoms with Crippen LogP contribution in [0.5, 0.6) is 0 Å².